The summed E-state index contributed by atoms with van der Waals surface area (Å²) in [5.41, 5.74) is 4.37. The lowest BCUT2D eigenvalue weighted by atomic mass is 9.95. The molecular weight excluding hydrogens is 342 g/mol. The van der Waals surface area contributed by atoms with Gasteiger partial charge < -0.3 is 18.8 Å². The number of piperidine rings is 1. The zero-order valence-electron chi connectivity index (χ0n) is 16.5. The Labute approximate surface area is 160 Å². The minimum absolute atomic E-state index is 0.0281. The van der Waals surface area contributed by atoms with Gasteiger partial charge in [0, 0.05) is 17.5 Å². The standard InChI is InChI=1S/C22H29NO4/c1-14(2)17-12-18-16(13-27-20(18)10-15(17)3)11-21(24)23-7-5-4-6-19(23)22-25-8-9-26-22/h10,12-14,19,22H,4-9,11H2,1-3H3. The van der Waals surface area contributed by atoms with Crippen molar-refractivity contribution in [3.8, 4) is 0 Å². The summed E-state index contributed by atoms with van der Waals surface area (Å²) in [7, 11) is 0. The number of likely N-dealkylation sites (tertiary alicyclic amines) is 1. The number of hydrogen-bond donors (Lipinski definition) is 0. The van der Waals surface area contributed by atoms with Gasteiger partial charge in [-0.15, -0.1) is 0 Å². The molecule has 2 aromatic rings. The number of hydrogen-bond acceptors (Lipinski definition) is 4. The number of ether oxygens (including phenoxy) is 2. The Morgan fingerprint density at radius 2 is 2.00 bits per heavy atom. The van der Waals surface area contributed by atoms with E-state index in [1.54, 1.807) is 6.26 Å². The van der Waals surface area contributed by atoms with Crippen LogP contribution in [-0.4, -0.2) is 42.9 Å². The summed E-state index contributed by atoms with van der Waals surface area (Å²) in [6.45, 7) is 8.51. The first kappa shape index (κ1) is 18.5. The highest BCUT2D eigenvalue weighted by Crippen LogP contribution is 2.30. The lowest BCUT2D eigenvalue weighted by molar-refractivity contribution is -0.149. The molecule has 1 unspecified atom stereocenters. The summed E-state index contributed by atoms with van der Waals surface area (Å²) in [5.74, 6) is 0.573. The van der Waals surface area contributed by atoms with Crippen LogP contribution in [0, 0.1) is 6.92 Å². The minimum Gasteiger partial charge on any atom is -0.464 e. The van der Waals surface area contributed by atoms with Gasteiger partial charge in [0.25, 0.3) is 0 Å². The first-order chi connectivity index (χ1) is 13.0. The summed E-state index contributed by atoms with van der Waals surface area (Å²) in [6.07, 6.45) is 4.93. The van der Waals surface area contributed by atoms with Crippen molar-refractivity contribution in [1.82, 2.24) is 4.90 Å². The molecule has 0 spiro atoms. The predicted octanol–water partition coefficient (Wildman–Crippen LogP) is 4.16. The fraction of sp³-hybridized carbons (Fsp3) is 0.591. The van der Waals surface area contributed by atoms with Crippen LogP contribution in [0.4, 0.5) is 0 Å². The largest absolute Gasteiger partial charge is 0.464 e. The molecule has 1 atom stereocenters. The zero-order chi connectivity index (χ0) is 19.0. The molecule has 2 aliphatic heterocycles. The maximum absolute atomic E-state index is 13.1. The van der Waals surface area contributed by atoms with Crippen LogP contribution in [0.3, 0.4) is 0 Å². The topological polar surface area (TPSA) is 51.9 Å². The smallest absolute Gasteiger partial charge is 0.227 e. The molecule has 27 heavy (non-hydrogen) atoms. The van der Waals surface area contributed by atoms with Gasteiger partial charge in [0.05, 0.1) is 31.9 Å². The van der Waals surface area contributed by atoms with Crippen molar-refractivity contribution in [1.29, 1.82) is 0 Å². The molecule has 2 saturated heterocycles. The van der Waals surface area contributed by atoms with E-state index in [1.165, 1.54) is 11.1 Å². The molecule has 146 valence electrons. The number of nitrogens with zero attached hydrogens (tertiary/aromatic N) is 1. The molecule has 0 saturated carbocycles. The lowest BCUT2D eigenvalue weighted by Crippen LogP contribution is -2.50. The van der Waals surface area contributed by atoms with E-state index >= 15 is 0 Å². The van der Waals surface area contributed by atoms with Crippen molar-refractivity contribution >= 4 is 16.9 Å². The molecule has 0 bridgehead atoms. The summed E-state index contributed by atoms with van der Waals surface area (Å²) in [6, 6.07) is 4.31. The Morgan fingerprint density at radius 1 is 1.22 bits per heavy atom. The van der Waals surface area contributed by atoms with Crippen molar-refractivity contribution in [2.24, 2.45) is 0 Å². The highest BCUT2D eigenvalue weighted by atomic mass is 16.7. The monoisotopic (exact) mass is 371 g/mol. The van der Waals surface area contributed by atoms with Gasteiger partial charge in [0.15, 0.2) is 6.29 Å². The second-order valence-electron chi connectivity index (χ2n) is 8.06. The SMILES string of the molecule is Cc1cc2occ(CC(=O)N3CCCCC3C3OCCO3)c2cc1C(C)C. The number of amides is 1. The van der Waals surface area contributed by atoms with Crippen LogP contribution in [0.2, 0.25) is 0 Å². The van der Waals surface area contributed by atoms with Crippen LogP contribution < -0.4 is 0 Å². The van der Waals surface area contributed by atoms with Gasteiger partial charge in [0.1, 0.15) is 5.58 Å². The van der Waals surface area contributed by atoms with Crippen molar-refractivity contribution in [3.63, 3.8) is 0 Å². The molecular formula is C22H29NO4. The zero-order valence-corrected chi connectivity index (χ0v) is 16.5. The molecule has 1 amide bonds. The Bertz CT molecular complexity index is 819. The third kappa shape index (κ3) is 3.63. The van der Waals surface area contributed by atoms with E-state index in [-0.39, 0.29) is 18.2 Å². The lowest BCUT2D eigenvalue weighted by Gasteiger charge is -2.38. The van der Waals surface area contributed by atoms with E-state index in [9.17, 15) is 4.79 Å². The number of carbonyl (C=O) groups excluding carboxylic acids is 1. The summed E-state index contributed by atoms with van der Waals surface area (Å²) < 4.78 is 17.2. The normalized spacial score (nSPS) is 21.5. The van der Waals surface area contributed by atoms with Crippen LogP contribution in [0.15, 0.2) is 22.8 Å². The molecule has 3 heterocycles. The third-order valence-electron chi connectivity index (χ3n) is 5.84. The summed E-state index contributed by atoms with van der Waals surface area (Å²) in [4.78, 5) is 15.1. The minimum atomic E-state index is -0.273. The third-order valence-corrected chi connectivity index (χ3v) is 5.84. The highest BCUT2D eigenvalue weighted by molar-refractivity contribution is 5.88. The van der Waals surface area contributed by atoms with Crippen LogP contribution in [-0.2, 0) is 20.7 Å². The first-order valence-electron chi connectivity index (χ1n) is 10.1. The van der Waals surface area contributed by atoms with E-state index in [4.69, 9.17) is 13.9 Å². The van der Waals surface area contributed by atoms with Crippen molar-refractivity contribution in [3.05, 3.63) is 35.1 Å². The maximum Gasteiger partial charge on any atom is 0.227 e. The predicted molar refractivity (Wildman–Crippen MR) is 104 cm³/mol. The summed E-state index contributed by atoms with van der Waals surface area (Å²) >= 11 is 0. The Balaban J connectivity index is 1.57. The molecule has 4 rings (SSSR count). The molecule has 0 radical (unpaired) electrons. The van der Waals surface area contributed by atoms with Gasteiger partial charge in [-0.3, -0.25) is 4.79 Å². The number of rotatable bonds is 4. The molecule has 1 aromatic carbocycles. The average Bonchev–Trinajstić information content (AvgIpc) is 3.31. The molecule has 0 N–H and O–H groups in total. The van der Waals surface area contributed by atoms with Gasteiger partial charge in [-0.05, 0) is 55.4 Å². The van der Waals surface area contributed by atoms with E-state index in [0.717, 1.165) is 42.3 Å². The van der Waals surface area contributed by atoms with Gasteiger partial charge in [-0.2, -0.15) is 0 Å². The number of benzene rings is 1. The molecule has 1 aromatic heterocycles. The number of aryl methyl sites for hydroxylation is 1. The fourth-order valence-corrected chi connectivity index (χ4v) is 4.42. The van der Waals surface area contributed by atoms with Crippen LogP contribution in [0.25, 0.3) is 11.0 Å². The number of furan rings is 1. The summed E-state index contributed by atoms with van der Waals surface area (Å²) in [5, 5.41) is 1.06. The van der Waals surface area contributed by atoms with Gasteiger partial charge in [-0.1, -0.05) is 13.8 Å². The Hall–Kier alpha value is -1.85. The first-order valence-corrected chi connectivity index (χ1v) is 10.1. The van der Waals surface area contributed by atoms with Crippen LogP contribution in [0.5, 0.6) is 0 Å². The number of fused-ring (bicyclic) bond motifs is 1. The van der Waals surface area contributed by atoms with E-state index in [1.807, 2.05) is 4.90 Å². The second-order valence-corrected chi connectivity index (χ2v) is 8.06. The second kappa shape index (κ2) is 7.64. The quantitative estimate of drug-likeness (QED) is 0.810. The highest BCUT2D eigenvalue weighted by Gasteiger charge is 2.36. The van der Waals surface area contributed by atoms with E-state index in [2.05, 4.69) is 32.9 Å². The average molecular weight is 371 g/mol. The Morgan fingerprint density at radius 3 is 2.74 bits per heavy atom. The molecule has 5 nitrogen and oxygen atoms in total. The van der Waals surface area contributed by atoms with E-state index < -0.39 is 0 Å². The number of carbonyl (C=O) groups is 1. The Kier molecular flexibility index (Phi) is 5.24. The van der Waals surface area contributed by atoms with Gasteiger partial charge in [0.2, 0.25) is 5.91 Å². The fourth-order valence-electron chi connectivity index (χ4n) is 4.42. The molecule has 2 fully saturated rings. The van der Waals surface area contributed by atoms with Crippen molar-refractivity contribution < 1.29 is 18.7 Å². The van der Waals surface area contributed by atoms with Crippen LogP contribution >= 0.6 is 0 Å². The maximum atomic E-state index is 13.1. The van der Waals surface area contributed by atoms with Gasteiger partial charge >= 0.3 is 0 Å². The van der Waals surface area contributed by atoms with Crippen LogP contribution in [0.1, 0.15) is 55.7 Å². The molecule has 0 aliphatic carbocycles. The van der Waals surface area contributed by atoms with E-state index in [0.29, 0.717) is 25.6 Å². The van der Waals surface area contributed by atoms with Crippen molar-refractivity contribution in [2.75, 3.05) is 19.8 Å². The van der Waals surface area contributed by atoms with Gasteiger partial charge in [-0.25, -0.2) is 0 Å². The molecule has 5 heteroatoms. The van der Waals surface area contributed by atoms with Crippen molar-refractivity contribution in [2.45, 2.75) is 64.7 Å². The molecule has 2 aliphatic rings.